The largest absolute Gasteiger partial charge is 0.268 e. The lowest BCUT2D eigenvalue weighted by Gasteiger charge is -2.21. The Balaban J connectivity index is 0.829. The van der Waals surface area contributed by atoms with E-state index in [4.69, 9.17) is 0 Å². The molecule has 0 N–H and O–H groups in total. The number of hydrogen-bond acceptors (Lipinski definition) is 4. The van der Waals surface area contributed by atoms with Gasteiger partial charge in [-0.2, -0.15) is 0 Å². The minimum Gasteiger partial charge on any atom is -0.268 e. The Morgan fingerprint density at radius 2 is 0.647 bits per heavy atom. The molecule has 15 rings (SSSR count). The molecule has 2 fully saturated rings. The summed E-state index contributed by atoms with van der Waals surface area (Å²) in [5, 5.41) is 13.1. The molecule has 6 atom stereocenters. The zero-order valence-corrected chi connectivity index (χ0v) is 37.0. The van der Waals surface area contributed by atoms with Crippen molar-refractivity contribution in [2.24, 2.45) is 23.7 Å². The molecule has 6 heteroatoms. The van der Waals surface area contributed by atoms with Gasteiger partial charge in [0.25, 0.3) is 22.2 Å². The first-order valence-corrected chi connectivity index (χ1v) is 24.1. The summed E-state index contributed by atoms with van der Waals surface area (Å²) in [7, 11) is 0. The number of aromatic nitrogens is 2. The fraction of sp³-hybridized carbons (Fsp3) is 0.161. The standard InChI is InChI=1S/C62H42N2O4/c65-59-53-29-41-25-35-13-15-37-27-43-31-55-56(62(68)64(61(55)67)58-20-18-48(46-6-2-4-8-50(46)58)52-24-34-10-12-40(52)22-34)32-44(43)28-38(37)16-14-36(35)26-42(41)30-54(53)60(66)63(59)57-19-17-47(45-5-1-3-7-49(45)57)51-23-33-9-11-39(51)21-33/h1-20,25-34,39-40,51-52H,21-24H2. The third kappa shape index (κ3) is 5.34. The van der Waals surface area contributed by atoms with Crippen LogP contribution in [0.15, 0.2) is 189 Å². The van der Waals surface area contributed by atoms with Gasteiger partial charge in [0, 0.05) is 10.8 Å². The molecular formula is C62H42N2O4. The van der Waals surface area contributed by atoms with Crippen LogP contribution in [-0.4, -0.2) is 9.13 Å². The second kappa shape index (κ2) is 13.8. The monoisotopic (exact) mass is 878 g/mol. The Hall–Kier alpha value is -7.96. The lowest BCUT2D eigenvalue weighted by molar-refractivity contribution is 0.589. The predicted molar refractivity (Wildman–Crippen MR) is 278 cm³/mol. The van der Waals surface area contributed by atoms with Crippen LogP contribution in [0.2, 0.25) is 0 Å². The second-order valence-electron chi connectivity index (χ2n) is 20.2. The first kappa shape index (κ1) is 38.2. The van der Waals surface area contributed by atoms with E-state index in [0.29, 0.717) is 68.4 Å². The van der Waals surface area contributed by atoms with Gasteiger partial charge >= 0.3 is 0 Å². The van der Waals surface area contributed by atoms with Crippen LogP contribution in [0.25, 0.3) is 97.6 Å². The molecule has 4 bridgehead atoms. The van der Waals surface area contributed by atoms with Gasteiger partial charge in [-0.25, -0.2) is 9.13 Å². The third-order valence-corrected chi connectivity index (χ3v) is 16.7. The van der Waals surface area contributed by atoms with Gasteiger partial charge in [0.1, 0.15) is 0 Å². The molecule has 68 heavy (non-hydrogen) atoms. The minimum atomic E-state index is -0.305. The lowest BCUT2D eigenvalue weighted by atomic mass is 9.84. The van der Waals surface area contributed by atoms with Crippen LogP contribution in [0, 0.1) is 23.7 Å². The molecule has 0 saturated heterocycles. The average Bonchev–Trinajstić information content (AvgIpc) is 4.25. The van der Waals surface area contributed by atoms with Crippen LogP contribution in [-0.2, 0) is 0 Å². The maximum atomic E-state index is 14.3. The van der Waals surface area contributed by atoms with Crippen LogP contribution in [0.4, 0.5) is 0 Å². The fourth-order valence-electron chi connectivity index (χ4n) is 13.4. The Kier molecular flexibility index (Phi) is 7.75. The number of nitrogens with zero attached hydrogens (tertiary/aromatic N) is 2. The van der Waals surface area contributed by atoms with Gasteiger partial charge in [-0.15, -0.1) is 0 Å². The molecule has 2 saturated carbocycles. The maximum Gasteiger partial charge on any atom is 0.266 e. The van der Waals surface area contributed by atoms with E-state index < -0.39 is 0 Å². The molecule has 2 aromatic heterocycles. The van der Waals surface area contributed by atoms with Crippen LogP contribution in [0.1, 0.15) is 48.6 Å². The summed E-state index contributed by atoms with van der Waals surface area (Å²) in [5.41, 5.74) is 2.63. The molecular weight excluding hydrogens is 837 g/mol. The molecule has 4 aliphatic carbocycles. The number of rotatable bonds is 4. The van der Waals surface area contributed by atoms with Crippen molar-refractivity contribution in [1.29, 1.82) is 0 Å². The van der Waals surface area contributed by atoms with E-state index in [1.807, 2.05) is 72.8 Å². The van der Waals surface area contributed by atoms with E-state index in [0.717, 1.165) is 77.5 Å². The Labute approximate surface area is 388 Å². The summed E-state index contributed by atoms with van der Waals surface area (Å²) in [4.78, 5) is 57.3. The summed E-state index contributed by atoms with van der Waals surface area (Å²) in [6.07, 6.45) is 14.1. The number of hydrogen-bond donors (Lipinski definition) is 0. The van der Waals surface area contributed by atoms with E-state index in [2.05, 4.69) is 97.1 Å². The smallest absolute Gasteiger partial charge is 0.266 e. The third-order valence-electron chi connectivity index (χ3n) is 16.7. The molecule has 6 unspecified atom stereocenters. The average molecular weight is 879 g/mol. The van der Waals surface area contributed by atoms with Crippen LogP contribution in [0.5, 0.6) is 0 Å². The highest BCUT2D eigenvalue weighted by molar-refractivity contribution is 6.08. The van der Waals surface area contributed by atoms with Gasteiger partial charge in [-0.1, -0.05) is 109 Å². The zero-order chi connectivity index (χ0) is 45.1. The molecule has 11 aromatic rings. The number of fused-ring (bicyclic) bond motifs is 12. The maximum absolute atomic E-state index is 14.3. The van der Waals surface area contributed by atoms with Gasteiger partial charge in [0.2, 0.25) is 0 Å². The van der Waals surface area contributed by atoms with Crippen molar-refractivity contribution in [2.45, 2.75) is 37.5 Å². The predicted octanol–water partition coefficient (Wildman–Crippen LogP) is 12.7. The van der Waals surface area contributed by atoms with Crippen molar-refractivity contribution >= 4 is 86.2 Å². The molecule has 4 aliphatic rings. The van der Waals surface area contributed by atoms with Crippen LogP contribution in [0.3, 0.4) is 0 Å². The molecule has 6 nitrogen and oxygen atoms in total. The lowest BCUT2D eigenvalue weighted by Crippen LogP contribution is -2.23. The summed E-state index contributed by atoms with van der Waals surface area (Å²) < 4.78 is 2.75. The van der Waals surface area contributed by atoms with Crippen molar-refractivity contribution < 1.29 is 0 Å². The van der Waals surface area contributed by atoms with Crippen molar-refractivity contribution in [1.82, 2.24) is 9.13 Å². The fourth-order valence-corrected chi connectivity index (χ4v) is 13.4. The van der Waals surface area contributed by atoms with E-state index >= 15 is 0 Å². The minimum absolute atomic E-state index is 0.305. The van der Waals surface area contributed by atoms with Crippen molar-refractivity contribution in [3.8, 4) is 11.4 Å². The number of benzene rings is 8. The molecule has 0 amide bonds. The van der Waals surface area contributed by atoms with Crippen molar-refractivity contribution in [3.05, 3.63) is 222 Å². The van der Waals surface area contributed by atoms with Crippen molar-refractivity contribution in [2.75, 3.05) is 0 Å². The highest BCUT2D eigenvalue weighted by Gasteiger charge is 2.38. The first-order valence-electron chi connectivity index (χ1n) is 24.1. The van der Waals surface area contributed by atoms with Gasteiger partial charge in [0.15, 0.2) is 0 Å². The molecule has 0 aliphatic heterocycles. The topological polar surface area (TPSA) is 78.1 Å². The molecule has 324 valence electrons. The van der Waals surface area contributed by atoms with Gasteiger partial charge in [-0.05, 0) is 187 Å². The molecule has 2 heterocycles. The van der Waals surface area contributed by atoms with Crippen molar-refractivity contribution in [3.63, 3.8) is 0 Å². The van der Waals surface area contributed by atoms with Crippen LogP contribution >= 0.6 is 0 Å². The summed E-state index contributed by atoms with van der Waals surface area (Å²) >= 11 is 0. The molecule has 0 radical (unpaired) electrons. The van der Waals surface area contributed by atoms with Crippen LogP contribution < -0.4 is 22.2 Å². The highest BCUT2D eigenvalue weighted by atomic mass is 16.2. The zero-order valence-electron chi connectivity index (χ0n) is 37.0. The van der Waals surface area contributed by atoms with E-state index in [1.165, 1.54) is 33.1 Å². The molecule has 0 spiro atoms. The van der Waals surface area contributed by atoms with E-state index in [9.17, 15) is 19.2 Å². The SMILES string of the molecule is O=c1c2cc3cc4ccc5cc6cc7c(=O)n(-c8ccc(C9CC%10C=CC9C%10)c9ccccc89)c(=O)c7cc6cc5ccc4cc3cc2c(=O)n1-c1ccc(C2CC3C=CC2C3)c2ccccc12. The number of allylic oxidation sites excluding steroid dienone is 4. The van der Waals surface area contributed by atoms with Gasteiger partial charge in [0.05, 0.1) is 32.9 Å². The first-order chi connectivity index (χ1) is 33.3. The second-order valence-corrected chi connectivity index (χ2v) is 20.2. The van der Waals surface area contributed by atoms with E-state index in [-0.39, 0.29) is 22.2 Å². The summed E-state index contributed by atoms with van der Waals surface area (Å²) in [6.45, 7) is 0. The summed E-state index contributed by atoms with van der Waals surface area (Å²) in [5.74, 6) is 3.23. The van der Waals surface area contributed by atoms with E-state index in [1.54, 1.807) is 0 Å². The van der Waals surface area contributed by atoms with Gasteiger partial charge < -0.3 is 0 Å². The Morgan fingerprint density at radius 1 is 0.309 bits per heavy atom. The highest BCUT2D eigenvalue weighted by Crippen LogP contribution is 2.52. The van der Waals surface area contributed by atoms with Gasteiger partial charge in [-0.3, -0.25) is 19.2 Å². The quantitative estimate of drug-likeness (QED) is 0.165. The Morgan fingerprint density at radius 3 is 0.956 bits per heavy atom. The normalized spacial score (nSPS) is 21.7. The molecule has 9 aromatic carbocycles. The Bertz CT molecular complexity index is 3980. The summed E-state index contributed by atoms with van der Waals surface area (Å²) in [6, 6.07) is 48.8.